The number of hydrogen-bond acceptors (Lipinski definition) is 4. The van der Waals surface area contributed by atoms with Crippen molar-refractivity contribution in [1.29, 1.82) is 0 Å². The Balaban J connectivity index is 1.61. The summed E-state index contributed by atoms with van der Waals surface area (Å²) in [5, 5.41) is 8.23. The minimum absolute atomic E-state index is 0.202. The fourth-order valence-electron chi connectivity index (χ4n) is 3.13. The molecule has 2 aromatic carbocycles. The summed E-state index contributed by atoms with van der Waals surface area (Å²) < 4.78 is 3.81. The number of anilines is 1. The van der Waals surface area contributed by atoms with Crippen LogP contribution in [0.25, 0.3) is 21.9 Å². The van der Waals surface area contributed by atoms with E-state index in [1.807, 2.05) is 43.4 Å². The van der Waals surface area contributed by atoms with Crippen LogP contribution < -0.4 is 11.1 Å². The average molecular weight is 348 g/mol. The number of carbonyl (C=O) groups is 1. The van der Waals surface area contributed by atoms with E-state index < -0.39 is 0 Å². The van der Waals surface area contributed by atoms with Crippen molar-refractivity contribution in [2.45, 2.75) is 13.0 Å². The van der Waals surface area contributed by atoms with Crippen LogP contribution in [0.1, 0.15) is 16.8 Å². The molecule has 7 nitrogen and oxygen atoms in total. The second kappa shape index (κ2) is 6.61. The van der Waals surface area contributed by atoms with E-state index >= 15 is 0 Å². The fraction of sp³-hybridized carbons (Fsp3) is 0.211. The first-order valence-corrected chi connectivity index (χ1v) is 8.55. The summed E-state index contributed by atoms with van der Waals surface area (Å²) in [7, 11) is 1.86. The molecule has 2 heterocycles. The molecule has 0 unspecified atom stereocenters. The maximum atomic E-state index is 12.7. The molecule has 0 fully saturated rings. The molecule has 0 saturated carbocycles. The van der Waals surface area contributed by atoms with E-state index in [0.29, 0.717) is 17.9 Å². The Morgan fingerprint density at radius 2 is 2.04 bits per heavy atom. The third-order valence-electron chi connectivity index (χ3n) is 4.48. The van der Waals surface area contributed by atoms with Crippen LogP contribution >= 0.6 is 0 Å². The van der Waals surface area contributed by atoms with Crippen molar-refractivity contribution >= 4 is 33.7 Å². The van der Waals surface area contributed by atoms with E-state index in [4.69, 9.17) is 5.73 Å². The zero-order valence-corrected chi connectivity index (χ0v) is 14.5. The second-order valence-corrected chi connectivity index (χ2v) is 6.23. The molecule has 0 bridgehead atoms. The maximum Gasteiger partial charge on any atom is 0.256 e. The largest absolute Gasteiger partial charge is 0.331 e. The van der Waals surface area contributed by atoms with Gasteiger partial charge in [-0.1, -0.05) is 12.1 Å². The highest BCUT2D eigenvalue weighted by Crippen LogP contribution is 2.23. The number of hydrogen-bond donors (Lipinski definition) is 2. The van der Waals surface area contributed by atoms with Gasteiger partial charge in [0.25, 0.3) is 5.91 Å². The van der Waals surface area contributed by atoms with E-state index in [0.717, 1.165) is 34.9 Å². The zero-order chi connectivity index (χ0) is 18.1. The van der Waals surface area contributed by atoms with Gasteiger partial charge in [-0.15, -0.1) is 0 Å². The van der Waals surface area contributed by atoms with E-state index in [1.165, 1.54) is 0 Å². The quantitative estimate of drug-likeness (QED) is 0.580. The van der Waals surface area contributed by atoms with Gasteiger partial charge in [0.15, 0.2) is 5.82 Å². The Morgan fingerprint density at radius 3 is 2.88 bits per heavy atom. The molecule has 0 saturated heterocycles. The molecule has 4 aromatic rings. The van der Waals surface area contributed by atoms with Gasteiger partial charge in [-0.25, -0.2) is 4.98 Å². The zero-order valence-electron chi connectivity index (χ0n) is 14.5. The fourth-order valence-corrected chi connectivity index (χ4v) is 3.13. The molecular formula is C19H20N6O. The monoisotopic (exact) mass is 348 g/mol. The lowest BCUT2D eigenvalue weighted by Gasteiger charge is -2.05. The summed E-state index contributed by atoms with van der Waals surface area (Å²) in [5.41, 5.74) is 8.89. The van der Waals surface area contributed by atoms with Gasteiger partial charge in [0.05, 0.1) is 22.9 Å². The average Bonchev–Trinajstić information content (AvgIpc) is 3.21. The van der Waals surface area contributed by atoms with Crippen LogP contribution in [-0.2, 0) is 13.6 Å². The van der Waals surface area contributed by atoms with E-state index in [2.05, 4.69) is 20.0 Å². The summed E-state index contributed by atoms with van der Waals surface area (Å²) in [6.45, 7) is 1.46. The van der Waals surface area contributed by atoms with Crippen LogP contribution in [0.15, 0.2) is 48.8 Å². The molecule has 3 N–H and O–H groups in total. The number of imidazole rings is 1. The molecule has 26 heavy (non-hydrogen) atoms. The number of carbonyl (C=O) groups excluding carboxylic acids is 1. The summed E-state index contributed by atoms with van der Waals surface area (Å²) in [4.78, 5) is 17.1. The van der Waals surface area contributed by atoms with Crippen LogP contribution in [0.2, 0.25) is 0 Å². The van der Waals surface area contributed by atoms with Gasteiger partial charge in [0.2, 0.25) is 0 Å². The molecule has 0 atom stereocenters. The van der Waals surface area contributed by atoms with Crippen LogP contribution in [0.4, 0.5) is 5.82 Å². The number of aryl methyl sites for hydroxylation is 2. The molecule has 7 heteroatoms. The number of nitrogens with one attached hydrogen (secondary N) is 1. The Kier molecular flexibility index (Phi) is 4.14. The normalized spacial score (nSPS) is 11.3. The van der Waals surface area contributed by atoms with Gasteiger partial charge in [0, 0.05) is 24.5 Å². The summed E-state index contributed by atoms with van der Waals surface area (Å²) in [5.74, 6) is 0.355. The lowest BCUT2D eigenvalue weighted by molar-refractivity contribution is 0.102. The highest BCUT2D eigenvalue weighted by molar-refractivity contribution is 6.09. The van der Waals surface area contributed by atoms with Crippen LogP contribution in [0.3, 0.4) is 0 Å². The first-order valence-electron chi connectivity index (χ1n) is 8.55. The number of aromatic nitrogens is 4. The predicted octanol–water partition coefficient (Wildman–Crippen LogP) is 2.52. The number of amides is 1. The Hall–Kier alpha value is -3.19. The van der Waals surface area contributed by atoms with E-state index in [9.17, 15) is 4.79 Å². The van der Waals surface area contributed by atoms with Crippen molar-refractivity contribution < 1.29 is 4.79 Å². The van der Waals surface area contributed by atoms with Crippen molar-refractivity contribution in [3.8, 4) is 0 Å². The topological polar surface area (TPSA) is 90.8 Å². The minimum Gasteiger partial charge on any atom is -0.331 e. The third-order valence-corrected chi connectivity index (χ3v) is 4.48. The van der Waals surface area contributed by atoms with Crippen LogP contribution in [0, 0.1) is 0 Å². The Morgan fingerprint density at radius 1 is 1.19 bits per heavy atom. The SMILES string of the molecule is Cn1nc(NC(=O)c2ccc3c(c2)ncn3CCCN)c2ccccc21. The Labute approximate surface area is 150 Å². The van der Waals surface area contributed by atoms with E-state index in [-0.39, 0.29) is 5.91 Å². The smallest absolute Gasteiger partial charge is 0.256 e. The second-order valence-electron chi connectivity index (χ2n) is 6.23. The number of benzene rings is 2. The highest BCUT2D eigenvalue weighted by Gasteiger charge is 2.14. The minimum atomic E-state index is -0.202. The highest BCUT2D eigenvalue weighted by atomic mass is 16.1. The molecule has 0 radical (unpaired) electrons. The molecule has 0 aliphatic rings. The summed E-state index contributed by atoms with van der Waals surface area (Å²) in [6, 6.07) is 13.3. The number of fused-ring (bicyclic) bond motifs is 2. The standard InChI is InChI=1S/C19H20N6O/c1-24-16-6-3-2-5-14(16)18(23-24)22-19(26)13-7-8-17-15(11-13)21-12-25(17)10-4-9-20/h2-3,5-8,11-12H,4,9-10,20H2,1H3,(H,22,23,26). The maximum absolute atomic E-state index is 12.7. The van der Waals surface area contributed by atoms with Gasteiger partial charge in [-0.3, -0.25) is 9.48 Å². The predicted molar refractivity (Wildman–Crippen MR) is 102 cm³/mol. The lowest BCUT2D eigenvalue weighted by atomic mass is 10.2. The molecule has 4 rings (SSSR count). The first-order chi connectivity index (χ1) is 12.7. The molecule has 0 aliphatic carbocycles. The number of para-hydroxylation sites is 1. The van der Waals surface area contributed by atoms with Crippen LogP contribution in [0.5, 0.6) is 0 Å². The number of nitrogens with two attached hydrogens (primary N) is 1. The molecule has 0 aliphatic heterocycles. The molecule has 2 aromatic heterocycles. The van der Waals surface area contributed by atoms with Gasteiger partial charge >= 0.3 is 0 Å². The van der Waals surface area contributed by atoms with Crippen molar-refractivity contribution in [1.82, 2.24) is 19.3 Å². The molecular weight excluding hydrogens is 328 g/mol. The summed E-state index contributed by atoms with van der Waals surface area (Å²) in [6.07, 6.45) is 2.68. The van der Waals surface area contributed by atoms with E-state index in [1.54, 1.807) is 17.1 Å². The third kappa shape index (κ3) is 2.82. The van der Waals surface area contributed by atoms with Gasteiger partial charge in [-0.2, -0.15) is 5.10 Å². The van der Waals surface area contributed by atoms with Crippen molar-refractivity contribution in [3.05, 3.63) is 54.4 Å². The molecule has 1 amide bonds. The Bertz CT molecular complexity index is 1090. The number of rotatable bonds is 5. The van der Waals surface area contributed by atoms with Gasteiger partial charge < -0.3 is 15.6 Å². The summed E-state index contributed by atoms with van der Waals surface area (Å²) >= 11 is 0. The number of nitrogens with zero attached hydrogens (tertiary/aromatic N) is 4. The molecule has 0 spiro atoms. The van der Waals surface area contributed by atoms with Crippen molar-refractivity contribution in [2.75, 3.05) is 11.9 Å². The van der Waals surface area contributed by atoms with Gasteiger partial charge in [0.1, 0.15) is 0 Å². The van der Waals surface area contributed by atoms with Crippen LogP contribution in [-0.4, -0.2) is 31.8 Å². The lowest BCUT2D eigenvalue weighted by Crippen LogP contribution is -2.12. The van der Waals surface area contributed by atoms with Crippen molar-refractivity contribution in [3.63, 3.8) is 0 Å². The van der Waals surface area contributed by atoms with Gasteiger partial charge in [-0.05, 0) is 43.3 Å². The molecule has 132 valence electrons. The first kappa shape index (κ1) is 16.3. The van der Waals surface area contributed by atoms with Crippen molar-refractivity contribution in [2.24, 2.45) is 12.8 Å².